The van der Waals surface area contributed by atoms with Gasteiger partial charge in [0.25, 0.3) is 0 Å². The quantitative estimate of drug-likeness (QED) is 0.184. The molecule has 0 aromatic heterocycles. The molecular formula is C31H45FN4O7S. The fourth-order valence-electron chi connectivity index (χ4n) is 6.31. The number of halogens is 1. The summed E-state index contributed by atoms with van der Waals surface area (Å²) in [5.41, 5.74) is 2.67. The van der Waals surface area contributed by atoms with Crippen LogP contribution in [0.3, 0.4) is 0 Å². The molecule has 2 atom stereocenters. The van der Waals surface area contributed by atoms with Crippen LogP contribution in [0.2, 0.25) is 0 Å². The van der Waals surface area contributed by atoms with Crippen LogP contribution in [0.15, 0.2) is 79.3 Å². The zero-order chi connectivity index (χ0) is 31.4. The smallest absolute Gasteiger partial charge is 0.170 e. The van der Waals surface area contributed by atoms with Crippen molar-refractivity contribution in [3.63, 3.8) is 0 Å². The largest absolute Gasteiger partial charge is 0.505 e. The van der Waals surface area contributed by atoms with Gasteiger partial charge in [0.2, 0.25) is 0 Å². The molecule has 244 valence electrons. The Kier molecular flexibility index (Phi) is 10.3. The van der Waals surface area contributed by atoms with Crippen molar-refractivity contribution in [2.75, 3.05) is 53.6 Å². The zero-order valence-corrected chi connectivity index (χ0v) is 26.4. The normalized spacial score (nSPS) is 25.6. The van der Waals surface area contributed by atoms with Gasteiger partial charge in [-0.3, -0.25) is 9.11 Å². The van der Waals surface area contributed by atoms with Gasteiger partial charge in [-0.05, 0) is 37.3 Å². The number of morpholine rings is 1. The molecule has 0 radical (unpaired) electrons. The second-order valence-electron chi connectivity index (χ2n) is 11.3. The van der Waals surface area contributed by atoms with Crippen LogP contribution in [0.1, 0.15) is 45.4 Å². The van der Waals surface area contributed by atoms with Gasteiger partial charge in [-0.25, -0.2) is 4.39 Å². The molecule has 4 aliphatic heterocycles. The average molecular weight is 637 g/mol. The molecule has 44 heavy (non-hydrogen) atoms. The maximum atomic E-state index is 15.6. The van der Waals surface area contributed by atoms with Gasteiger partial charge in [-0.15, -0.1) is 10.6 Å². The average Bonchev–Trinajstić information content (AvgIpc) is 3.04. The van der Waals surface area contributed by atoms with Crippen molar-refractivity contribution >= 4 is 10.6 Å². The second kappa shape index (κ2) is 14.0. The number of allylic oxidation sites excluding steroid dienone is 6. The fourth-order valence-corrected chi connectivity index (χ4v) is 7.82. The minimum Gasteiger partial charge on any atom is -0.505 e. The maximum Gasteiger partial charge on any atom is 0.170 e. The molecule has 1 aliphatic carbocycles. The lowest BCUT2D eigenvalue weighted by molar-refractivity contribution is 0.0490. The second-order valence-corrected chi connectivity index (χ2v) is 13.2. The number of unbranched alkanes of at least 4 members (excludes halogenated alkanes) is 1. The Morgan fingerprint density at radius 2 is 1.93 bits per heavy atom. The number of methoxy groups -OCH3 is 2. The van der Waals surface area contributed by atoms with E-state index in [-0.39, 0.29) is 28.4 Å². The summed E-state index contributed by atoms with van der Waals surface area (Å²) >= 11 is 0. The SMILES string of the molecule is CCCCC1=C(C2=C(OC)CCCC2OC)C(O)=C(S(O)(O)C2=CC=C(C3=CCNC(N4CCOCC4)=C3F)CN2)C(O)N1. The summed E-state index contributed by atoms with van der Waals surface area (Å²) in [6.45, 7) is 4.85. The summed E-state index contributed by atoms with van der Waals surface area (Å²) in [6.07, 6.45) is 7.32. The highest BCUT2D eigenvalue weighted by molar-refractivity contribution is 8.30. The van der Waals surface area contributed by atoms with Crippen LogP contribution in [0.25, 0.3) is 0 Å². The Bertz CT molecular complexity index is 1340. The van der Waals surface area contributed by atoms with Crippen molar-refractivity contribution in [2.24, 2.45) is 0 Å². The minimum atomic E-state index is -3.92. The third-order valence-electron chi connectivity index (χ3n) is 8.60. The number of nitrogens with one attached hydrogen (secondary N) is 3. The Balaban J connectivity index is 1.51. The highest BCUT2D eigenvalue weighted by Crippen LogP contribution is 2.59. The summed E-state index contributed by atoms with van der Waals surface area (Å²) in [7, 11) is -0.755. The maximum absolute atomic E-state index is 15.6. The van der Waals surface area contributed by atoms with Gasteiger partial charge in [0.15, 0.2) is 12.1 Å². The van der Waals surface area contributed by atoms with Crippen molar-refractivity contribution in [3.05, 3.63) is 79.3 Å². The van der Waals surface area contributed by atoms with E-state index in [1.807, 2.05) is 11.8 Å². The van der Waals surface area contributed by atoms with Gasteiger partial charge in [-0.1, -0.05) is 25.5 Å². The summed E-state index contributed by atoms with van der Waals surface area (Å²) in [4.78, 5) is 1.59. The number of hydrogen-bond acceptors (Lipinski definition) is 11. The Hall–Kier alpha value is -2.94. The minimum absolute atomic E-state index is 0.0141. The van der Waals surface area contributed by atoms with Gasteiger partial charge >= 0.3 is 0 Å². The van der Waals surface area contributed by atoms with Crippen LogP contribution in [-0.4, -0.2) is 90.2 Å². The van der Waals surface area contributed by atoms with Crippen molar-refractivity contribution < 1.29 is 37.9 Å². The fraction of sp³-hybridized carbons (Fsp3) is 0.548. The lowest BCUT2D eigenvalue weighted by Gasteiger charge is -2.43. The molecule has 1 saturated heterocycles. The Labute approximate surface area is 259 Å². The predicted octanol–water partition coefficient (Wildman–Crippen LogP) is 4.34. The van der Waals surface area contributed by atoms with Crippen molar-refractivity contribution in [1.82, 2.24) is 20.9 Å². The third kappa shape index (κ3) is 6.26. The molecule has 0 bridgehead atoms. The van der Waals surface area contributed by atoms with E-state index in [0.717, 1.165) is 19.3 Å². The number of nitrogens with zero attached hydrogens (tertiary/aromatic N) is 1. The van der Waals surface area contributed by atoms with Gasteiger partial charge in [0, 0.05) is 62.1 Å². The van der Waals surface area contributed by atoms with Gasteiger partial charge in [-0.2, -0.15) is 0 Å². The summed E-state index contributed by atoms with van der Waals surface area (Å²) < 4.78 is 55.8. The first-order valence-electron chi connectivity index (χ1n) is 15.2. The molecule has 11 nitrogen and oxygen atoms in total. The number of dihydropyridines is 3. The standard InChI is InChI=1S/C31H45FN4O7S/c1-4-5-7-21-25(26-22(41-2)8-6-9-23(26)42-3)28(37)29(31(38)35-21)44(39,40)24-11-10-19(18-34-24)20-12-13-33-30(27(20)32)36-14-16-43-17-15-36/h10-12,22,31,33-35,37-40H,4-9,13-18H2,1-3H3. The molecule has 0 amide bonds. The molecule has 13 heteroatoms. The molecular weight excluding hydrogens is 591 g/mol. The lowest BCUT2D eigenvalue weighted by Crippen LogP contribution is -2.42. The van der Waals surface area contributed by atoms with Crippen LogP contribution < -0.4 is 16.0 Å². The van der Waals surface area contributed by atoms with E-state index in [9.17, 15) is 19.3 Å². The van der Waals surface area contributed by atoms with Crippen LogP contribution in [0.5, 0.6) is 0 Å². The van der Waals surface area contributed by atoms with Crippen molar-refractivity contribution in [3.8, 4) is 0 Å². The highest BCUT2D eigenvalue weighted by Gasteiger charge is 2.42. The van der Waals surface area contributed by atoms with Crippen molar-refractivity contribution in [2.45, 2.75) is 57.8 Å². The molecule has 0 saturated carbocycles. The topological polar surface area (TPSA) is 148 Å². The van der Waals surface area contributed by atoms with E-state index >= 15 is 4.39 Å². The van der Waals surface area contributed by atoms with Gasteiger partial charge < -0.3 is 45.3 Å². The monoisotopic (exact) mass is 636 g/mol. The number of aliphatic hydroxyl groups excluding tert-OH is 2. The molecule has 0 aromatic rings. The molecule has 5 aliphatic rings. The zero-order valence-electron chi connectivity index (χ0n) is 25.6. The van der Waals surface area contributed by atoms with Gasteiger partial charge in [0.1, 0.15) is 27.3 Å². The number of aliphatic hydroxyl groups is 2. The first-order chi connectivity index (χ1) is 21.2. The first kappa shape index (κ1) is 32.5. The third-order valence-corrected chi connectivity index (χ3v) is 10.5. The van der Waals surface area contributed by atoms with Crippen LogP contribution >= 0.6 is 10.6 Å². The van der Waals surface area contributed by atoms with E-state index in [1.165, 1.54) is 6.08 Å². The number of hydrogen-bond donors (Lipinski definition) is 7. The molecule has 0 aromatic carbocycles. The van der Waals surface area contributed by atoms with Crippen LogP contribution in [0.4, 0.5) is 4.39 Å². The van der Waals surface area contributed by atoms with E-state index in [0.29, 0.717) is 91.7 Å². The molecule has 4 heterocycles. The molecule has 2 unspecified atom stereocenters. The highest BCUT2D eigenvalue weighted by atomic mass is 32.3. The Morgan fingerprint density at radius 1 is 1.16 bits per heavy atom. The molecule has 0 spiro atoms. The summed E-state index contributed by atoms with van der Waals surface area (Å²) in [5.74, 6) is 0.298. The predicted molar refractivity (Wildman–Crippen MR) is 168 cm³/mol. The van der Waals surface area contributed by atoms with E-state index in [1.54, 1.807) is 26.4 Å². The van der Waals surface area contributed by atoms with Crippen molar-refractivity contribution in [1.29, 1.82) is 0 Å². The lowest BCUT2D eigenvalue weighted by atomic mass is 9.85. The summed E-state index contributed by atoms with van der Waals surface area (Å²) in [5, 5.41) is 32.2. The Morgan fingerprint density at radius 3 is 2.59 bits per heavy atom. The first-order valence-corrected chi connectivity index (χ1v) is 16.8. The van der Waals surface area contributed by atoms with E-state index < -0.39 is 22.6 Å². The molecule has 5 rings (SSSR count). The van der Waals surface area contributed by atoms with Crippen LogP contribution in [-0.2, 0) is 14.2 Å². The molecule has 7 N–H and O–H groups in total. The number of ether oxygens (including phenoxy) is 3. The van der Waals surface area contributed by atoms with Gasteiger partial charge in [0.05, 0.1) is 26.4 Å². The van der Waals surface area contributed by atoms with E-state index in [2.05, 4.69) is 16.0 Å². The summed E-state index contributed by atoms with van der Waals surface area (Å²) in [6, 6.07) is 0. The molecule has 1 fully saturated rings. The number of rotatable bonds is 10. The van der Waals surface area contributed by atoms with E-state index in [4.69, 9.17) is 14.2 Å². The van der Waals surface area contributed by atoms with Crippen LogP contribution in [0, 0.1) is 0 Å².